The molecule has 2 aromatic rings. The van der Waals surface area contributed by atoms with Crippen molar-refractivity contribution in [2.45, 2.75) is 63.8 Å². The molecule has 2 amide bonds. The number of benzene rings is 2. The molecule has 0 spiro atoms. The summed E-state index contributed by atoms with van der Waals surface area (Å²) in [4.78, 5) is 27.0. The molecule has 2 aliphatic rings. The minimum absolute atomic E-state index is 0.205. The molecule has 6 nitrogen and oxygen atoms in total. The molecule has 2 aliphatic carbocycles. The fourth-order valence-electron chi connectivity index (χ4n) is 4.13. The van der Waals surface area contributed by atoms with E-state index >= 15 is 0 Å². The second-order valence-corrected chi connectivity index (χ2v) is 8.69. The highest BCUT2D eigenvalue weighted by molar-refractivity contribution is 5.84. The van der Waals surface area contributed by atoms with Gasteiger partial charge in [0.1, 0.15) is 6.61 Å². The van der Waals surface area contributed by atoms with E-state index in [9.17, 15) is 9.59 Å². The molecular weight excluding hydrogens is 390 g/mol. The van der Waals surface area contributed by atoms with E-state index < -0.39 is 6.09 Å². The minimum atomic E-state index is -0.485. The average molecular weight is 422 g/mol. The Kier molecular flexibility index (Phi) is 6.87. The van der Waals surface area contributed by atoms with Crippen molar-refractivity contribution < 1.29 is 14.3 Å². The molecule has 0 aromatic heterocycles. The van der Waals surface area contributed by atoms with E-state index in [2.05, 4.69) is 10.2 Å². The number of ether oxygens (including phenoxy) is 1. The van der Waals surface area contributed by atoms with Gasteiger partial charge in [0, 0.05) is 30.2 Å². The highest BCUT2D eigenvalue weighted by Gasteiger charge is 2.37. The van der Waals surface area contributed by atoms with Crippen molar-refractivity contribution in [2.75, 3.05) is 5.32 Å². The first kappa shape index (κ1) is 21.4. The molecule has 0 atom stereocenters. The zero-order valence-corrected chi connectivity index (χ0v) is 17.8. The van der Waals surface area contributed by atoms with Crippen molar-refractivity contribution in [2.24, 2.45) is 11.7 Å². The molecule has 4 rings (SSSR count). The summed E-state index contributed by atoms with van der Waals surface area (Å²) < 4.78 is 5.27. The quantitative estimate of drug-likeness (QED) is 0.692. The van der Waals surface area contributed by atoms with Gasteiger partial charge in [-0.3, -0.25) is 10.1 Å². The molecule has 0 heterocycles. The number of nitrogens with zero attached hydrogens (tertiary/aromatic N) is 1. The number of amides is 2. The van der Waals surface area contributed by atoms with Crippen molar-refractivity contribution in [3.63, 3.8) is 0 Å². The number of nitrogens with two attached hydrogens (primary N) is 1. The van der Waals surface area contributed by atoms with Crippen LogP contribution in [0.3, 0.4) is 0 Å². The maximum Gasteiger partial charge on any atom is 0.411 e. The Morgan fingerprint density at radius 3 is 2.23 bits per heavy atom. The van der Waals surface area contributed by atoms with Crippen LogP contribution < -0.4 is 11.1 Å². The predicted molar refractivity (Wildman–Crippen MR) is 120 cm³/mol. The van der Waals surface area contributed by atoms with Crippen molar-refractivity contribution >= 4 is 17.7 Å². The van der Waals surface area contributed by atoms with Gasteiger partial charge >= 0.3 is 6.09 Å². The largest absolute Gasteiger partial charge is 0.444 e. The molecular formula is C25H31N3O3. The van der Waals surface area contributed by atoms with Gasteiger partial charge in [0.2, 0.25) is 5.91 Å². The van der Waals surface area contributed by atoms with Gasteiger partial charge in [0.15, 0.2) is 0 Å². The second kappa shape index (κ2) is 9.96. The van der Waals surface area contributed by atoms with Gasteiger partial charge in [-0.05, 0) is 61.8 Å². The van der Waals surface area contributed by atoms with Crippen LogP contribution >= 0.6 is 0 Å². The number of carbonyl (C=O) groups is 2. The van der Waals surface area contributed by atoms with Crippen LogP contribution in [0, 0.1) is 5.92 Å². The van der Waals surface area contributed by atoms with E-state index in [0.717, 1.165) is 49.7 Å². The molecule has 2 fully saturated rings. The van der Waals surface area contributed by atoms with E-state index in [1.807, 2.05) is 54.6 Å². The average Bonchev–Trinajstić information content (AvgIpc) is 3.64. The highest BCUT2D eigenvalue weighted by Crippen LogP contribution is 2.34. The summed E-state index contributed by atoms with van der Waals surface area (Å²) in [5.74, 6) is 0.489. The lowest BCUT2D eigenvalue weighted by molar-refractivity contribution is -0.136. The van der Waals surface area contributed by atoms with E-state index in [-0.39, 0.29) is 30.5 Å². The Balaban J connectivity index is 1.32. The lowest BCUT2D eigenvalue weighted by Crippen LogP contribution is -2.44. The summed E-state index contributed by atoms with van der Waals surface area (Å²) in [5, 5.41) is 2.76. The van der Waals surface area contributed by atoms with Gasteiger partial charge in [-0.25, -0.2) is 4.79 Å². The van der Waals surface area contributed by atoms with Gasteiger partial charge in [-0.2, -0.15) is 0 Å². The van der Waals surface area contributed by atoms with Crippen molar-refractivity contribution in [1.82, 2.24) is 4.90 Å². The highest BCUT2D eigenvalue weighted by atomic mass is 16.5. The Hall–Kier alpha value is -2.86. The standard InChI is InChI=1S/C25H31N3O3/c26-21-10-14-23(15-11-21)28(24(29)20-8-9-20)16-18-6-12-22(13-7-18)27-25(30)31-17-19-4-2-1-3-5-19/h1-7,12-13,20-21,23H,8-11,14-17,26H2,(H,27,30). The first-order valence-corrected chi connectivity index (χ1v) is 11.2. The fourth-order valence-corrected chi connectivity index (χ4v) is 4.13. The van der Waals surface area contributed by atoms with Crippen LogP contribution in [0.1, 0.15) is 49.7 Å². The molecule has 0 saturated heterocycles. The van der Waals surface area contributed by atoms with Crippen LogP contribution in [0.2, 0.25) is 0 Å². The maximum atomic E-state index is 12.9. The summed E-state index contributed by atoms with van der Waals surface area (Å²) in [7, 11) is 0. The Morgan fingerprint density at radius 1 is 0.903 bits per heavy atom. The molecule has 6 heteroatoms. The van der Waals surface area contributed by atoms with Crippen molar-refractivity contribution in [3.8, 4) is 0 Å². The SMILES string of the molecule is NC1CCC(N(Cc2ccc(NC(=O)OCc3ccccc3)cc2)C(=O)C2CC2)CC1. The van der Waals surface area contributed by atoms with Crippen LogP contribution in [0.5, 0.6) is 0 Å². The third-order valence-electron chi connectivity index (χ3n) is 6.16. The van der Waals surface area contributed by atoms with E-state index in [1.165, 1.54) is 0 Å². The fraction of sp³-hybridized carbons (Fsp3) is 0.440. The molecule has 2 aromatic carbocycles. The van der Waals surface area contributed by atoms with Crippen LogP contribution in [0.4, 0.5) is 10.5 Å². The van der Waals surface area contributed by atoms with Crippen LogP contribution in [-0.4, -0.2) is 29.0 Å². The molecule has 0 bridgehead atoms. The number of rotatable bonds is 7. The molecule has 164 valence electrons. The maximum absolute atomic E-state index is 12.9. The van der Waals surface area contributed by atoms with E-state index in [1.54, 1.807) is 0 Å². The summed E-state index contributed by atoms with van der Waals surface area (Å²) in [5.41, 5.74) is 8.74. The van der Waals surface area contributed by atoms with Crippen LogP contribution in [0.25, 0.3) is 0 Å². The Morgan fingerprint density at radius 2 is 1.58 bits per heavy atom. The summed E-state index contributed by atoms with van der Waals surface area (Å²) in [6, 6.07) is 17.8. The Labute approximate surface area is 183 Å². The van der Waals surface area contributed by atoms with Gasteiger partial charge < -0.3 is 15.4 Å². The first-order chi connectivity index (χ1) is 15.1. The normalized spacial score (nSPS) is 20.7. The number of anilines is 1. The number of hydrogen-bond acceptors (Lipinski definition) is 4. The summed E-state index contributed by atoms with van der Waals surface area (Å²) in [6.07, 6.45) is 5.45. The minimum Gasteiger partial charge on any atom is -0.444 e. The zero-order valence-electron chi connectivity index (χ0n) is 17.8. The molecule has 3 N–H and O–H groups in total. The first-order valence-electron chi connectivity index (χ1n) is 11.2. The lowest BCUT2D eigenvalue weighted by Gasteiger charge is -2.36. The van der Waals surface area contributed by atoms with E-state index in [0.29, 0.717) is 12.2 Å². The van der Waals surface area contributed by atoms with Crippen LogP contribution in [0.15, 0.2) is 54.6 Å². The third kappa shape index (κ3) is 6.07. The lowest BCUT2D eigenvalue weighted by atomic mass is 9.90. The summed E-state index contributed by atoms with van der Waals surface area (Å²) >= 11 is 0. The molecule has 0 unspecified atom stereocenters. The van der Waals surface area contributed by atoms with Gasteiger partial charge in [0.05, 0.1) is 0 Å². The van der Waals surface area contributed by atoms with Gasteiger partial charge in [-0.15, -0.1) is 0 Å². The van der Waals surface area contributed by atoms with Gasteiger partial charge in [-0.1, -0.05) is 42.5 Å². The second-order valence-electron chi connectivity index (χ2n) is 8.69. The van der Waals surface area contributed by atoms with Crippen molar-refractivity contribution in [3.05, 3.63) is 65.7 Å². The third-order valence-corrected chi connectivity index (χ3v) is 6.16. The monoisotopic (exact) mass is 421 g/mol. The number of carbonyl (C=O) groups excluding carboxylic acids is 2. The van der Waals surface area contributed by atoms with Crippen LogP contribution in [-0.2, 0) is 22.7 Å². The Bertz CT molecular complexity index is 873. The van der Waals surface area contributed by atoms with E-state index in [4.69, 9.17) is 10.5 Å². The molecule has 0 radical (unpaired) electrons. The molecule has 0 aliphatic heterocycles. The number of hydrogen-bond donors (Lipinski definition) is 2. The smallest absolute Gasteiger partial charge is 0.411 e. The van der Waals surface area contributed by atoms with Crippen molar-refractivity contribution in [1.29, 1.82) is 0 Å². The topological polar surface area (TPSA) is 84.7 Å². The van der Waals surface area contributed by atoms with Gasteiger partial charge in [0.25, 0.3) is 0 Å². The zero-order chi connectivity index (χ0) is 21.6. The predicted octanol–water partition coefficient (Wildman–Crippen LogP) is 4.44. The molecule has 2 saturated carbocycles. The molecule has 31 heavy (non-hydrogen) atoms. The number of nitrogens with one attached hydrogen (secondary N) is 1. The summed E-state index contributed by atoms with van der Waals surface area (Å²) in [6.45, 7) is 0.835.